The highest BCUT2D eigenvalue weighted by atomic mass is 79.9. The summed E-state index contributed by atoms with van der Waals surface area (Å²) in [6.07, 6.45) is 0. The Balaban J connectivity index is 3.18. The molecule has 0 aliphatic carbocycles. The van der Waals surface area contributed by atoms with E-state index in [9.17, 15) is 4.79 Å². The Morgan fingerprint density at radius 1 is 1.44 bits per heavy atom. The second-order valence-corrected chi connectivity index (χ2v) is 5.36. The maximum absolute atomic E-state index is 11.7. The monoisotopic (exact) mass is 288 g/mol. The molecule has 0 amide bonds. The summed E-state index contributed by atoms with van der Waals surface area (Å²) < 4.78 is 5.73. The van der Waals surface area contributed by atoms with Gasteiger partial charge in [0.2, 0.25) is 0 Å². The normalized spacial score (nSPS) is 11.8. The molecule has 1 N–H and O–H groups in total. The Hall–Kier alpha value is -0.680. The molecule has 0 aliphatic rings. The molecular weight excluding hydrogens is 272 g/mol. The van der Waals surface area contributed by atoms with E-state index in [0.29, 0.717) is 23.5 Å². The van der Waals surface area contributed by atoms with E-state index in [1.54, 1.807) is 0 Å². The van der Waals surface area contributed by atoms with Crippen molar-refractivity contribution in [3.63, 3.8) is 0 Å². The van der Waals surface area contributed by atoms with Crippen LogP contribution in [0.25, 0.3) is 0 Å². The van der Waals surface area contributed by atoms with Crippen LogP contribution in [-0.4, -0.2) is 16.6 Å². The van der Waals surface area contributed by atoms with Crippen molar-refractivity contribution in [2.24, 2.45) is 0 Å². The van der Waals surface area contributed by atoms with Gasteiger partial charge in [0, 0.05) is 12.0 Å². The molecule has 0 atom stereocenters. The summed E-state index contributed by atoms with van der Waals surface area (Å²) in [5, 5.41) is 0. The van der Waals surface area contributed by atoms with Crippen LogP contribution in [0.1, 0.15) is 39.2 Å². The van der Waals surface area contributed by atoms with Gasteiger partial charge >= 0.3 is 0 Å². The Labute approximate surface area is 104 Å². The molecule has 0 saturated carbocycles. The van der Waals surface area contributed by atoms with E-state index in [1.165, 1.54) is 0 Å². The molecule has 0 saturated heterocycles. The lowest BCUT2D eigenvalue weighted by Crippen LogP contribution is -2.23. The van der Waals surface area contributed by atoms with Crippen LogP contribution in [0, 0.1) is 0 Å². The Kier molecular flexibility index (Phi) is 4.27. The molecule has 16 heavy (non-hydrogen) atoms. The average Bonchev–Trinajstić information content (AvgIpc) is 2.17. The van der Waals surface area contributed by atoms with Crippen molar-refractivity contribution in [3.8, 4) is 0 Å². The van der Waals surface area contributed by atoms with Gasteiger partial charge in [-0.1, -0.05) is 20.8 Å². The quantitative estimate of drug-likeness (QED) is 0.929. The molecule has 90 valence electrons. The maximum Gasteiger partial charge on any atom is 0.265 e. The zero-order valence-electron chi connectivity index (χ0n) is 10.1. The van der Waals surface area contributed by atoms with Crippen LogP contribution < -0.4 is 5.56 Å². The lowest BCUT2D eigenvalue weighted by Gasteiger charge is -2.19. The highest BCUT2D eigenvalue weighted by Crippen LogP contribution is 2.25. The first-order chi connectivity index (χ1) is 7.36. The van der Waals surface area contributed by atoms with Gasteiger partial charge in [0.05, 0.1) is 5.69 Å². The molecule has 0 bridgehead atoms. The van der Waals surface area contributed by atoms with Crippen molar-refractivity contribution in [1.82, 2.24) is 9.97 Å². The van der Waals surface area contributed by atoms with Crippen molar-refractivity contribution in [1.29, 1.82) is 0 Å². The Bertz CT molecular complexity index is 421. The van der Waals surface area contributed by atoms with Crippen molar-refractivity contribution in [3.05, 3.63) is 26.3 Å². The van der Waals surface area contributed by atoms with E-state index >= 15 is 0 Å². The second-order valence-electron chi connectivity index (χ2n) is 4.56. The molecule has 5 heteroatoms. The third kappa shape index (κ3) is 3.15. The third-order valence-corrected chi connectivity index (χ3v) is 2.80. The predicted octanol–water partition coefficient (Wildman–Crippen LogP) is 2.37. The maximum atomic E-state index is 11.7. The minimum Gasteiger partial charge on any atom is -0.374 e. The van der Waals surface area contributed by atoms with Gasteiger partial charge in [-0.3, -0.25) is 4.79 Å². The molecule has 4 nitrogen and oxygen atoms in total. The van der Waals surface area contributed by atoms with Crippen molar-refractivity contribution >= 4 is 15.9 Å². The van der Waals surface area contributed by atoms with Crippen molar-refractivity contribution < 1.29 is 4.74 Å². The van der Waals surface area contributed by atoms with Gasteiger partial charge in [0.15, 0.2) is 0 Å². The lowest BCUT2D eigenvalue weighted by molar-refractivity contribution is 0.127. The molecule has 0 fully saturated rings. The molecule has 1 aromatic rings. The number of ether oxygens (including phenoxy) is 1. The number of halogens is 1. The highest BCUT2D eigenvalue weighted by Gasteiger charge is 2.21. The van der Waals surface area contributed by atoms with Gasteiger partial charge in [-0.05, 0) is 22.9 Å². The topological polar surface area (TPSA) is 55.0 Å². The fourth-order valence-corrected chi connectivity index (χ4v) is 2.05. The predicted molar refractivity (Wildman–Crippen MR) is 66.6 cm³/mol. The van der Waals surface area contributed by atoms with E-state index in [2.05, 4.69) is 25.9 Å². The lowest BCUT2D eigenvalue weighted by atomic mass is 9.92. The number of hydrogen-bond acceptors (Lipinski definition) is 3. The molecule has 0 spiro atoms. The van der Waals surface area contributed by atoms with Crippen LogP contribution in [0.2, 0.25) is 0 Å². The summed E-state index contributed by atoms with van der Waals surface area (Å²) in [7, 11) is 0. The molecule has 1 heterocycles. The number of hydrogen-bond donors (Lipinski definition) is 1. The van der Waals surface area contributed by atoms with Gasteiger partial charge < -0.3 is 9.72 Å². The van der Waals surface area contributed by atoms with E-state index in [0.717, 1.165) is 5.69 Å². The molecule has 1 rings (SSSR count). The largest absolute Gasteiger partial charge is 0.374 e. The van der Waals surface area contributed by atoms with Crippen molar-refractivity contribution in [2.75, 3.05) is 6.61 Å². The Morgan fingerprint density at radius 3 is 2.56 bits per heavy atom. The molecular formula is C11H17BrN2O2. The SMILES string of the molecule is CCOCc1nc(C(C)(C)C)c(Br)c(=O)[nH]1. The summed E-state index contributed by atoms with van der Waals surface area (Å²) >= 11 is 3.27. The van der Waals surface area contributed by atoms with E-state index in [1.807, 2.05) is 27.7 Å². The number of aromatic amines is 1. The second kappa shape index (κ2) is 5.10. The van der Waals surface area contributed by atoms with Gasteiger partial charge in [0.1, 0.15) is 16.9 Å². The van der Waals surface area contributed by atoms with Crippen LogP contribution in [0.3, 0.4) is 0 Å². The zero-order chi connectivity index (χ0) is 12.3. The third-order valence-electron chi connectivity index (χ3n) is 2.07. The van der Waals surface area contributed by atoms with Crippen LogP contribution in [-0.2, 0) is 16.8 Å². The van der Waals surface area contributed by atoms with Crippen LogP contribution in [0.4, 0.5) is 0 Å². The summed E-state index contributed by atoms with van der Waals surface area (Å²) in [6.45, 7) is 8.90. The molecule has 0 unspecified atom stereocenters. The molecule has 0 aliphatic heterocycles. The van der Waals surface area contributed by atoms with E-state index in [-0.39, 0.29) is 11.0 Å². The smallest absolute Gasteiger partial charge is 0.265 e. The first-order valence-corrected chi connectivity index (χ1v) is 6.02. The van der Waals surface area contributed by atoms with Crippen LogP contribution in [0.5, 0.6) is 0 Å². The molecule has 0 radical (unpaired) electrons. The van der Waals surface area contributed by atoms with Crippen LogP contribution >= 0.6 is 15.9 Å². The fourth-order valence-electron chi connectivity index (χ4n) is 1.27. The van der Waals surface area contributed by atoms with E-state index < -0.39 is 0 Å². The minimum absolute atomic E-state index is 0.158. The Morgan fingerprint density at radius 2 is 2.06 bits per heavy atom. The number of H-pyrrole nitrogens is 1. The zero-order valence-corrected chi connectivity index (χ0v) is 11.6. The summed E-state index contributed by atoms with van der Waals surface area (Å²) in [6, 6.07) is 0. The van der Waals surface area contributed by atoms with Gasteiger partial charge in [-0.2, -0.15) is 0 Å². The van der Waals surface area contributed by atoms with Gasteiger partial charge in [0.25, 0.3) is 5.56 Å². The minimum atomic E-state index is -0.173. The van der Waals surface area contributed by atoms with Crippen LogP contribution in [0.15, 0.2) is 9.27 Å². The highest BCUT2D eigenvalue weighted by molar-refractivity contribution is 9.10. The summed E-state index contributed by atoms with van der Waals surface area (Å²) in [4.78, 5) is 18.8. The number of nitrogens with one attached hydrogen (secondary N) is 1. The van der Waals surface area contributed by atoms with Gasteiger partial charge in [-0.15, -0.1) is 0 Å². The first-order valence-electron chi connectivity index (χ1n) is 5.23. The first kappa shape index (κ1) is 13.4. The summed E-state index contributed by atoms with van der Waals surface area (Å²) in [5.41, 5.74) is 0.425. The standard InChI is InChI=1S/C11H17BrN2O2/c1-5-16-6-7-13-9(11(2,3)4)8(12)10(15)14-7/h5-6H2,1-4H3,(H,13,14,15). The number of aromatic nitrogens is 2. The molecule has 1 aromatic heterocycles. The fraction of sp³-hybridized carbons (Fsp3) is 0.636. The number of rotatable bonds is 3. The van der Waals surface area contributed by atoms with E-state index in [4.69, 9.17) is 4.74 Å². The molecule has 0 aromatic carbocycles. The van der Waals surface area contributed by atoms with Crippen molar-refractivity contribution in [2.45, 2.75) is 39.7 Å². The van der Waals surface area contributed by atoms with Gasteiger partial charge in [-0.25, -0.2) is 4.98 Å². The average molecular weight is 289 g/mol. The number of nitrogens with zero attached hydrogens (tertiary/aromatic N) is 1. The summed E-state index contributed by atoms with van der Waals surface area (Å²) in [5.74, 6) is 0.569.